The zero-order valence-electron chi connectivity index (χ0n) is 14.2. The third-order valence-corrected chi connectivity index (χ3v) is 5.60. The van der Waals surface area contributed by atoms with E-state index in [9.17, 15) is 14.7 Å². The number of benzene rings is 1. The molecule has 1 aliphatic heterocycles. The molecule has 1 N–H and O–H groups in total. The van der Waals surface area contributed by atoms with Gasteiger partial charge in [0.25, 0.3) is 0 Å². The lowest BCUT2D eigenvalue weighted by Crippen LogP contribution is -2.45. The maximum Gasteiger partial charge on any atom is 0.310 e. The smallest absolute Gasteiger partial charge is 0.310 e. The standard InChI is InChI=1S/C19H25NO4/c1-24-16-8-3-2-6-14(16)12-15-7-4-11-20(15)17(21)13-19(18(22)23)9-5-10-19/h2-3,6,8,15H,4-5,7,9-13H2,1H3,(H,22,23)/t15-/m1/s1. The highest BCUT2D eigenvalue weighted by atomic mass is 16.5. The van der Waals surface area contributed by atoms with Gasteiger partial charge in [-0.05, 0) is 43.7 Å². The molecule has 5 heteroatoms. The highest BCUT2D eigenvalue weighted by Crippen LogP contribution is 2.45. The first kappa shape index (κ1) is 16.8. The molecular weight excluding hydrogens is 306 g/mol. The van der Waals surface area contributed by atoms with Gasteiger partial charge in [-0.1, -0.05) is 24.6 Å². The maximum absolute atomic E-state index is 12.7. The lowest BCUT2D eigenvalue weighted by Gasteiger charge is -2.38. The predicted molar refractivity (Wildman–Crippen MR) is 90.0 cm³/mol. The first-order valence-corrected chi connectivity index (χ1v) is 8.70. The lowest BCUT2D eigenvalue weighted by atomic mass is 9.66. The second-order valence-corrected chi connectivity index (χ2v) is 7.01. The number of nitrogens with zero attached hydrogens (tertiary/aromatic N) is 1. The van der Waals surface area contributed by atoms with E-state index in [1.54, 1.807) is 7.11 Å². The van der Waals surface area contributed by atoms with Crippen LogP contribution in [0.15, 0.2) is 24.3 Å². The van der Waals surface area contributed by atoms with Crippen molar-refractivity contribution in [2.24, 2.45) is 5.41 Å². The number of aliphatic carboxylic acids is 1. The molecule has 1 aromatic rings. The van der Waals surface area contributed by atoms with E-state index in [4.69, 9.17) is 4.74 Å². The molecule has 1 aliphatic carbocycles. The molecule has 0 spiro atoms. The van der Waals surface area contributed by atoms with Crippen molar-refractivity contribution in [2.75, 3.05) is 13.7 Å². The van der Waals surface area contributed by atoms with E-state index in [1.807, 2.05) is 29.2 Å². The zero-order valence-corrected chi connectivity index (χ0v) is 14.2. The van der Waals surface area contributed by atoms with Crippen LogP contribution in [0.25, 0.3) is 0 Å². The van der Waals surface area contributed by atoms with E-state index in [1.165, 1.54) is 0 Å². The van der Waals surface area contributed by atoms with Gasteiger partial charge < -0.3 is 14.7 Å². The second kappa shape index (κ2) is 6.83. The van der Waals surface area contributed by atoms with Gasteiger partial charge in [-0.25, -0.2) is 0 Å². The van der Waals surface area contributed by atoms with Crippen molar-refractivity contribution in [1.29, 1.82) is 0 Å². The number of hydrogen-bond donors (Lipinski definition) is 1. The van der Waals surface area contributed by atoms with Crippen LogP contribution in [-0.4, -0.2) is 41.6 Å². The highest BCUT2D eigenvalue weighted by molar-refractivity contribution is 5.86. The Kier molecular flexibility index (Phi) is 4.78. The van der Waals surface area contributed by atoms with Crippen molar-refractivity contribution in [1.82, 2.24) is 4.90 Å². The molecule has 1 saturated heterocycles. The monoisotopic (exact) mass is 331 g/mol. The summed E-state index contributed by atoms with van der Waals surface area (Å²) in [4.78, 5) is 26.2. The molecule has 0 radical (unpaired) electrons. The molecule has 1 amide bonds. The summed E-state index contributed by atoms with van der Waals surface area (Å²) in [6.07, 6.45) is 5.00. The minimum absolute atomic E-state index is 0.00509. The number of amides is 1. The molecule has 5 nitrogen and oxygen atoms in total. The third-order valence-electron chi connectivity index (χ3n) is 5.60. The van der Waals surface area contributed by atoms with Crippen molar-refractivity contribution in [3.8, 4) is 5.75 Å². The average molecular weight is 331 g/mol. The van der Waals surface area contributed by atoms with E-state index >= 15 is 0 Å². The molecule has 1 aromatic carbocycles. The molecule has 0 bridgehead atoms. The largest absolute Gasteiger partial charge is 0.496 e. The Hall–Kier alpha value is -2.04. The van der Waals surface area contributed by atoms with Crippen LogP contribution in [0.5, 0.6) is 5.75 Å². The molecular formula is C19H25NO4. The predicted octanol–water partition coefficient (Wildman–Crippen LogP) is 2.87. The summed E-state index contributed by atoms with van der Waals surface area (Å²) in [7, 11) is 1.66. The van der Waals surface area contributed by atoms with Gasteiger partial charge in [-0.15, -0.1) is 0 Å². The summed E-state index contributed by atoms with van der Waals surface area (Å²) in [6.45, 7) is 0.731. The van der Waals surface area contributed by atoms with E-state index in [0.29, 0.717) is 12.8 Å². The second-order valence-electron chi connectivity index (χ2n) is 7.01. The normalized spacial score (nSPS) is 22.0. The van der Waals surface area contributed by atoms with E-state index in [2.05, 4.69) is 0 Å². The summed E-state index contributed by atoms with van der Waals surface area (Å²) in [5.74, 6) is 0.0230. The minimum Gasteiger partial charge on any atom is -0.496 e. The van der Waals surface area contributed by atoms with Gasteiger partial charge in [0.2, 0.25) is 5.91 Å². The Morgan fingerprint density at radius 3 is 2.67 bits per heavy atom. The van der Waals surface area contributed by atoms with Crippen LogP contribution >= 0.6 is 0 Å². The molecule has 2 fully saturated rings. The summed E-state index contributed by atoms with van der Waals surface area (Å²) < 4.78 is 5.41. The van der Waals surface area contributed by atoms with E-state index in [0.717, 1.165) is 43.5 Å². The number of para-hydroxylation sites is 1. The molecule has 0 unspecified atom stereocenters. The topological polar surface area (TPSA) is 66.8 Å². The summed E-state index contributed by atoms with van der Waals surface area (Å²) >= 11 is 0. The molecule has 2 aliphatic rings. The van der Waals surface area contributed by atoms with Gasteiger partial charge in [0.15, 0.2) is 0 Å². The van der Waals surface area contributed by atoms with Gasteiger partial charge in [0.1, 0.15) is 5.75 Å². The van der Waals surface area contributed by atoms with Crippen LogP contribution in [-0.2, 0) is 16.0 Å². The number of carboxylic acids is 1. The van der Waals surface area contributed by atoms with Crippen LogP contribution < -0.4 is 4.74 Å². The molecule has 24 heavy (non-hydrogen) atoms. The molecule has 3 rings (SSSR count). The first-order valence-electron chi connectivity index (χ1n) is 8.70. The molecule has 1 heterocycles. The van der Waals surface area contributed by atoms with Gasteiger partial charge >= 0.3 is 5.97 Å². The van der Waals surface area contributed by atoms with Gasteiger partial charge in [0, 0.05) is 19.0 Å². The van der Waals surface area contributed by atoms with Crippen LogP contribution in [0, 0.1) is 5.41 Å². The summed E-state index contributed by atoms with van der Waals surface area (Å²) in [6, 6.07) is 8.02. The number of likely N-dealkylation sites (tertiary alicyclic amines) is 1. The van der Waals surface area contributed by atoms with Crippen LogP contribution in [0.4, 0.5) is 0 Å². The Balaban J connectivity index is 1.69. The Labute approximate surface area is 142 Å². The number of carbonyl (C=O) groups excluding carboxylic acids is 1. The number of hydrogen-bond acceptors (Lipinski definition) is 3. The van der Waals surface area contributed by atoms with Gasteiger partial charge in [-0.2, -0.15) is 0 Å². The number of carbonyl (C=O) groups is 2. The quantitative estimate of drug-likeness (QED) is 0.870. The number of ether oxygens (including phenoxy) is 1. The Morgan fingerprint density at radius 1 is 1.29 bits per heavy atom. The van der Waals surface area contributed by atoms with E-state index in [-0.39, 0.29) is 18.4 Å². The van der Waals surface area contributed by atoms with Crippen molar-refractivity contribution in [3.63, 3.8) is 0 Å². The first-order chi connectivity index (χ1) is 11.6. The highest BCUT2D eigenvalue weighted by Gasteiger charge is 2.47. The molecule has 1 saturated carbocycles. The number of methoxy groups -OCH3 is 1. The fourth-order valence-corrected chi connectivity index (χ4v) is 3.96. The SMILES string of the molecule is COc1ccccc1C[C@H]1CCCN1C(=O)CC1(C(=O)O)CCC1. The van der Waals surface area contributed by atoms with Crippen molar-refractivity contribution in [2.45, 2.75) is 51.0 Å². The molecule has 130 valence electrons. The fourth-order valence-electron chi connectivity index (χ4n) is 3.96. The molecule has 1 atom stereocenters. The third kappa shape index (κ3) is 3.12. The van der Waals surface area contributed by atoms with E-state index < -0.39 is 11.4 Å². The van der Waals surface area contributed by atoms with Gasteiger partial charge in [-0.3, -0.25) is 9.59 Å². The molecule has 0 aromatic heterocycles. The lowest BCUT2D eigenvalue weighted by molar-refractivity contribution is -0.159. The number of rotatable bonds is 6. The minimum atomic E-state index is -0.817. The Morgan fingerprint density at radius 2 is 2.04 bits per heavy atom. The zero-order chi connectivity index (χ0) is 17.2. The van der Waals surface area contributed by atoms with Crippen molar-refractivity contribution in [3.05, 3.63) is 29.8 Å². The maximum atomic E-state index is 12.7. The summed E-state index contributed by atoms with van der Waals surface area (Å²) in [5.41, 5.74) is 0.288. The number of carboxylic acid groups (broad SMARTS) is 1. The fraction of sp³-hybridized carbons (Fsp3) is 0.579. The van der Waals surface area contributed by atoms with Gasteiger partial charge in [0.05, 0.1) is 12.5 Å². The van der Waals surface area contributed by atoms with Crippen molar-refractivity contribution >= 4 is 11.9 Å². The van der Waals surface area contributed by atoms with Crippen LogP contribution in [0.2, 0.25) is 0 Å². The average Bonchev–Trinajstić information content (AvgIpc) is 2.99. The van der Waals surface area contributed by atoms with Crippen LogP contribution in [0.1, 0.15) is 44.1 Å². The van der Waals surface area contributed by atoms with Crippen molar-refractivity contribution < 1.29 is 19.4 Å². The van der Waals surface area contributed by atoms with Crippen LogP contribution in [0.3, 0.4) is 0 Å². The Bertz CT molecular complexity index is 624. The summed E-state index contributed by atoms with van der Waals surface area (Å²) in [5, 5.41) is 9.46.